The molecule has 0 saturated heterocycles. The van der Waals surface area contributed by atoms with Crippen LogP contribution in [0.5, 0.6) is 0 Å². The average molecular weight is 1610 g/mol. The van der Waals surface area contributed by atoms with Gasteiger partial charge in [-0.1, -0.05) is 253 Å². The van der Waals surface area contributed by atoms with Crippen molar-refractivity contribution < 1.29 is 136 Å². The summed E-state index contributed by atoms with van der Waals surface area (Å²) in [5.74, 6) is 0. The Labute approximate surface area is 702 Å². The molecular weight excluding hydrogens is 1550 g/mol. The second kappa shape index (κ2) is 33.0. The Hall–Kier alpha value is -8.04. The Morgan fingerprint density at radius 3 is 1.05 bits per heavy atom. The molecule has 21 rings (SSSR count). The van der Waals surface area contributed by atoms with E-state index in [1.807, 2.05) is 85.8 Å². The molecule has 20 aromatic rings. The Morgan fingerprint density at radius 1 is 0.214 bits per heavy atom. The van der Waals surface area contributed by atoms with Crippen LogP contribution < -0.4 is 5.46 Å². The van der Waals surface area contributed by atoms with Gasteiger partial charge in [-0.2, -0.15) is 96.6 Å². The Balaban J connectivity index is 0.000000117. The quantitative estimate of drug-likeness (QED) is 0.106. The molecule has 6 heteroatoms. The van der Waals surface area contributed by atoms with Crippen LogP contribution in [0.2, 0.25) is 0 Å². The van der Waals surface area contributed by atoms with Gasteiger partial charge >= 0.3 is 7.48 Å². The van der Waals surface area contributed by atoms with Crippen molar-refractivity contribution in [2.24, 2.45) is 0 Å². The molecule has 0 spiro atoms. The van der Waals surface area contributed by atoms with Crippen LogP contribution >= 0.6 is 0 Å². The SMILES string of the molecule is Cc1[c-]cccc1.O[B]c1cccc2ccc3ccc4ccccc4c3c12.[Y].[Y].[Y].[Y].[c-]1cccc2c1-c1[c-]ccc3ccc4ccc5cccc-2c5c4c13.[c-]1ccccc1-c1[c-]ccc2ccc3ccc4ccccc4c3c12.[c-]1ccccc1-c1cccc2ccc3ccc4ccccc4c3c12. The van der Waals surface area contributed by atoms with Gasteiger partial charge in [0, 0.05) is 131 Å². The van der Waals surface area contributed by atoms with Gasteiger partial charge in [-0.25, -0.2) is 22.3 Å². The largest absolute Gasteiger partial charge is 0.450 e. The van der Waals surface area contributed by atoms with Crippen LogP contribution in [0.4, 0.5) is 0 Å². The summed E-state index contributed by atoms with van der Waals surface area (Å²) < 4.78 is 0. The van der Waals surface area contributed by atoms with E-state index in [9.17, 15) is 5.02 Å². The van der Waals surface area contributed by atoms with Crippen LogP contribution in [0.15, 0.2) is 340 Å². The van der Waals surface area contributed by atoms with Gasteiger partial charge in [-0.05, 0) is 102 Å². The zero-order chi connectivity index (χ0) is 66.2. The van der Waals surface area contributed by atoms with Crippen molar-refractivity contribution in [2.75, 3.05) is 0 Å². The first-order chi connectivity index (χ1) is 49.0. The van der Waals surface area contributed by atoms with Crippen molar-refractivity contribution in [3.63, 3.8) is 0 Å². The average Bonchev–Trinajstić information content (AvgIpc) is 1.66. The molecule has 0 bridgehead atoms. The maximum Gasteiger partial charge on any atom is 0.327 e. The number of rotatable bonds is 3. The van der Waals surface area contributed by atoms with Crippen LogP contribution in [-0.2, 0) is 131 Å². The van der Waals surface area contributed by atoms with E-state index in [1.165, 1.54) is 148 Å². The molecule has 1 N–H and O–H groups in total. The molecule has 475 valence electrons. The van der Waals surface area contributed by atoms with Gasteiger partial charge in [0.1, 0.15) is 0 Å². The van der Waals surface area contributed by atoms with Crippen LogP contribution in [0.1, 0.15) is 5.56 Å². The fraction of sp³-hybridized carbons (Fsp3) is 0.0103. The summed E-state index contributed by atoms with van der Waals surface area (Å²) in [6.45, 7) is 2.03. The molecular formula is C97H60BOY4-6. The van der Waals surface area contributed by atoms with E-state index in [0.29, 0.717) is 0 Å². The zero-order valence-corrected chi connectivity index (χ0v) is 68.0. The van der Waals surface area contributed by atoms with Gasteiger partial charge in [0.2, 0.25) is 0 Å². The molecule has 1 nitrogen and oxygen atoms in total. The molecule has 0 amide bonds. The molecule has 103 heavy (non-hydrogen) atoms. The molecule has 1 aliphatic rings. The number of hydrogen-bond donors (Lipinski definition) is 1. The van der Waals surface area contributed by atoms with Gasteiger partial charge in [-0.3, -0.25) is 0 Å². The van der Waals surface area contributed by atoms with Crippen LogP contribution in [0, 0.1) is 43.3 Å². The first-order valence-electron chi connectivity index (χ1n) is 33.6. The van der Waals surface area contributed by atoms with Gasteiger partial charge in [0.05, 0.1) is 0 Å². The monoisotopic (exact) mass is 1610 g/mol. The fourth-order valence-corrected chi connectivity index (χ4v) is 14.9. The second-order valence-electron chi connectivity index (χ2n) is 25.2. The summed E-state index contributed by atoms with van der Waals surface area (Å²) in [6, 6.07) is 139. The third kappa shape index (κ3) is 14.3. The molecule has 0 saturated carbocycles. The molecule has 0 aliphatic heterocycles. The molecule has 0 fully saturated rings. The van der Waals surface area contributed by atoms with Crippen molar-refractivity contribution in [1.29, 1.82) is 0 Å². The van der Waals surface area contributed by atoms with Crippen LogP contribution in [0.25, 0.3) is 174 Å². The standard InChI is InChI=1S/C24H12.C24H15.C24H14.C18H12BO.C7H7.4Y/c1-2-8-19-18(7-1)20-9-3-5-15-11-13-17-14-12-16-6-4-10-21(19)23(16)24(17)22(15)20;2*1-2-7-17(8-3-1)22-12-6-10-19-15-16-20-14-13-18-9-4-5-11-21(18)24(20)23(19)22;20-19-16-7-3-5-13-10-11-14-9-8-12-4-1-2-6-15(12)17(14)18(13)16;1-7-5-3-2-4-6-7;;;;/h1-7,9,11-14H;1-7,9-16H;1-7,9-11,13-16H;1-11,20H;2-5H,1H3;;;;/q-2;-1;-2;;-1;;;;. The van der Waals surface area contributed by atoms with Crippen molar-refractivity contribution in [3.8, 4) is 44.5 Å². The maximum absolute atomic E-state index is 9.54. The van der Waals surface area contributed by atoms with E-state index >= 15 is 0 Å². The Bertz CT molecular complexity index is 6090. The predicted octanol–water partition coefficient (Wildman–Crippen LogP) is 24.6. The van der Waals surface area contributed by atoms with Crippen molar-refractivity contribution in [1.82, 2.24) is 0 Å². The molecule has 5 radical (unpaired) electrons. The predicted molar refractivity (Wildman–Crippen MR) is 423 cm³/mol. The Morgan fingerprint density at radius 2 is 0.563 bits per heavy atom. The van der Waals surface area contributed by atoms with E-state index in [0.717, 1.165) is 44.1 Å². The van der Waals surface area contributed by atoms with Gasteiger partial charge in [-0.15, -0.1) is 93.3 Å². The summed E-state index contributed by atoms with van der Waals surface area (Å²) in [7, 11) is 1.20. The van der Waals surface area contributed by atoms with Crippen LogP contribution in [0.3, 0.4) is 0 Å². The third-order valence-corrected chi connectivity index (χ3v) is 19.4. The number of benzene rings is 20. The maximum atomic E-state index is 9.54. The van der Waals surface area contributed by atoms with Gasteiger partial charge in [0.25, 0.3) is 0 Å². The molecule has 0 atom stereocenters. The summed E-state index contributed by atoms with van der Waals surface area (Å²) >= 11 is 0. The summed E-state index contributed by atoms with van der Waals surface area (Å²) in [6.07, 6.45) is 0. The van der Waals surface area contributed by atoms with E-state index in [4.69, 9.17) is 0 Å². The van der Waals surface area contributed by atoms with Crippen molar-refractivity contribution in [3.05, 3.63) is 382 Å². The van der Waals surface area contributed by atoms with E-state index in [-0.39, 0.29) is 131 Å². The third-order valence-electron chi connectivity index (χ3n) is 19.4. The minimum Gasteiger partial charge on any atom is -0.450 e. The minimum absolute atomic E-state index is 0. The summed E-state index contributed by atoms with van der Waals surface area (Å²) in [5.41, 5.74) is 11.5. The van der Waals surface area contributed by atoms with E-state index < -0.39 is 0 Å². The van der Waals surface area contributed by atoms with E-state index in [1.54, 1.807) is 0 Å². The van der Waals surface area contributed by atoms with Gasteiger partial charge < -0.3 is 5.02 Å². The zero-order valence-electron chi connectivity index (χ0n) is 56.7. The number of fused-ring (bicyclic) bond motifs is 18. The first kappa shape index (κ1) is 73.3. The minimum atomic E-state index is 0. The first-order valence-corrected chi connectivity index (χ1v) is 33.6. The van der Waals surface area contributed by atoms with Crippen molar-refractivity contribution in [2.45, 2.75) is 6.92 Å². The van der Waals surface area contributed by atoms with Crippen molar-refractivity contribution >= 4 is 142 Å². The molecule has 20 aromatic carbocycles. The molecule has 0 unspecified atom stereocenters. The van der Waals surface area contributed by atoms with Gasteiger partial charge in [0.15, 0.2) is 0 Å². The summed E-state index contributed by atoms with van der Waals surface area (Å²) in [5, 5.41) is 39.9. The molecule has 1 aliphatic carbocycles. The summed E-state index contributed by atoms with van der Waals surface area (Å²) in [4.78, 5) is 0. The fourth-order valence-electron chi connectivity index (χ4n) is 14.9. The van der Waals surface area contributed by atoms with E-state index in [2.05, 4.69) is 297 Å². The number of aryl methyl sites for hydroxylation is 1. The smallest absolute Gasteiger partial charge is 0.327 e. The van der Waals surface area contributed by atoms with Crippen LogP contribution in [-0.4, -0.2) is 12.5 Å². The number of hydrogen-bond acceptors (Lipinski definition) is 1. The molecule has 0 aromatic heterocycles. The second-order valence-corrected chi connectivity index (χ2v) is 25.2. The topological polar surface area (TPSA) is 20.2 Å². The Kier molecular flexibility index (Phi) is 23.4. The molecule has 0 heterocycles. The normalized spacial score (nSPS) is 10.9.